The van der Waals surface area contributed by atoms with E-state index in [1.54, 1.807) is 18.9 Å². The minimum Gasteiger partial charge on any atom is -0.342 e. The van der Waals surface area contributed by atoms with Gasteiger partial charge >= 0.3 is 0 Å². The largest absolute Gasteiger partial charge is 0.342 e. The molecule has 2 aliphatic heterocycles. The average Bonchev–Trinajstić information content (AvgIpc) is 2.65. The monoisotopic (exact) mass is 302 g/mol. The Kier molecular flexibility index (Phi) is 4.74. The third-order valence-corrected chi connectivity index (χ3v) is 5.72. The summed E-state index contributed by atoms with van der Waals surface area (Å²) in [6.45, 7) is 1.80. The Balaban J connectivity index is 1.85. The van der Waals surface area contributed by atoms with Gasteiger partial charge in [-0.1, -0.05) is 0 Å². The molecule has 1 amide bonds. The van der Waals surface area contributed by atoms with Crippen molar-refractivity contribution in [2.75, 3.05) is 19.1 Å². The van der Waals surface area contributed by atoms with Crippen LogP contribution in [0.5, 0.6) is 0 Å². The molecule has 2 bridgehead atoms. The van der Waals surface area contributed by atoms with Gasteiger partial charge in [-0.3, -0.25) is 4.79 Å². The van der Waals surface area contributed by atoms with Crippen molar-refractivity contribution in [3.63, 3.8) is 0 Å². The van der Waals surface area contributed by atoms with E-state index in [-0.39, 0.29) is 17.7 Å². The molecule has 116 valence electrons. The van der Waals surface area contributed by atoms with Crippen LogP contribution in [0.25, 0.3) is 0 Å². The Morgan fingerprint density at radius 1 is 1.30 bits per heavy atom. The zero-order valence-electron chi connectivity index (χ0n) is 12.6. The predicted octanol–water partition coefficient (Wildman–Crippen LogP) is 0.799. The first kappa shape index (κ1) is 15.8. The number of sulfone groups is 1. The van der Waals surface area contributed by atoms with Crippen LogP contribution in [0.15, 0.2) is 0 Å². The Labute approximate surface area is 122 Å². The van der Waals surface area contributed by atoms with Gasteiger partial charge in [-0.05, 0) is 38.5 Å². The standard InChI is InChI=1S/C14H26N2O3S/c1-10(9-20(3,18)19)16(2)14(17)8-11-6-12-4-5-13(7-11)15-12/h10-13,15H,4-9H2,1-3H3. The minimum atomic E-state index is -3.05. The van der Waals surface area contributed by atoms with Crippen molar-refractivity contribution >= 4 is 15.7 Å². The second-order valence-corrected chi connectivity index (χ2v) is 8.81. The SMILES string of the molecule is CC(CS(C)(=O)=O)N(C)C(=O)CC1CC2CCC(C1)N2. The molecule has 2 fully saturated rings. The number of amides is 1. The third-order valence-electron chi connectivity index (χ3n) is 4.63. The first-order valence-corrected chi connectivity index (χ1v) is 9.50. The first-order chi connectivity index (χ1) is 9.24. The summed E-state index contributed by atoms with van der Waals surface area (Å²) in [5.74, 6) is 0.564. The molecule has 20 heavy (non-hydrogen) atoms. The van der Waals surface area contributed by atoms with Crippen molar-refractivity contribution in [2.24, 2.45) is 5.92 Å². The van der Waals surface area contributed by atoms with Gasteiger partial charge in [0.15, 0.2) is 0 Å². The van der Waals surface area contributed by atoms with Crippen molar-refractivity contribution in [3.8, 4) is 0 Å². The van der Waals surface area contributed by atoms with E-state index in [4.69, 9.17) is 0 Å². The molecule has 2 aliphatic rings. The zero-order valence-corrected chi connectivity index (χ0v) is 13.4. The van der Waals surface area contributed by atoms with Crippen LogP contribution in [0.2, 0.25) is 0 Å². The molecule has 0 spiro atoms. The molecule has 2 saturated heterocycles. The van der Waals surface area contributed by atoms with E-state index in [1.807, 2.05) is 0 Å². The van der Waals surface area contributed by atoms with E-state index in [9.17, 15) is 13.2 Å². The number of rotatable bonds is 5. The van der Waals surface area contributed by atoms with Gasteiger partial charge in [0.1, 0.15) is 9.84 Å². The van der Waals surface area contributed by atoms with Crippen molar-refractivity contribution in [1.82, 2.24) is 10.2 Å². The maximum absolute atomic E-state index is 12.3. The fourth-order valence-electron chi connectivity index (χ4n) is 3.53. The summed E-state index contributed by atoms with van der Waals surface area (Å²) in [6.07, 6.45) is 6.39. The summed E-state index contributed by atoms with van der Waals surface area (Å²) in [4.78, 5) is 13.9. The molecule has 0 radical (unpaired) electrons. The van der Waals surface area contributed by atoms with Crippen LogP contribution < -0.4 is 5.32 Å². The molecule has 5 nitrogen and oxygen atoms in total. The van der Waals surface area contributed by atoms with Crippen LogP contribution in [-0.4, -0.2) is 56.4 Å². The molecule has 3 unspecified atom stereocenters. The van der Waals surface area contributed by atoms with E-state index in [0.29, 0.717) is 24.4 Å². The van der Waals surface area contributed by atoms with Gasteiger partial charge in [-0.25, -0.2) is 8.42 Å². The van der Waals surface area contributed by atoms with Gasteiger partial charge in [-0.15, -0.1) is 0 Å². The number of carbonyl (C=O) groups is 1. The van der Waals surface area contributed by atoms with Crippen molar-refractivity contribution in [2.45, 2.75) is 57.2 Å². The molecule has 0 saturated carbocycles. The van der Waals surface area contributed by atoms with Gasteiger partial charge in [0.05, 0.1) is 5.75 Å². The summed E-state index contributed by atoms with van der Waals surface area (Å²) < 4.78 is 22.6. The molecule has 0 aliphatic carbocycles. The number of hydrogen-bond acceptors (Lipinski definition) is 4. The fourth-order valence-corrected chi connectivity index (χ4v) is 4.63. The summed E-state index contributed by atoms with van der Waals surface area (Å²) in [5, 5.41) is 3.57. The quantitative estimate of drug-likeness (QED) is 0.816. The second kappa shape index (κ2) is 6.02. The molecular weight excluding hydrogens is 276 g/mol. The number of hydrogen-bond donors (Lipinski definition) is 1. The lowest BCUT2D eigenvalue weighted by atomic mass is 9.89. The molecule has 3 atom stereocenters. The van der Waals surface area contributed by atoms with Gasteiger partial charge in [0.25, 0.3) is 0 Å². The lowest BCUT2D eigenvalue weighted by Gasteiger charge is -2.31. The van der Waals surface area contributed by atoms with Crippen LogP contribution in [-0.2, 0) is 14.6 Å². The minimum absolute atomic E-state index is 0.0344. The number of nitrogens with zero attached hydrogens (tertiary/aromatic N) is 1. The maximum atomic E-state index is 12.3. The number of fused-ring (bicyclic) bond motifs is 2. The zero-order chi connectivity index (χ0) is 14.9. The van der Waals surface area contributed by atoms with Gasteiger partial charge in [-0.2, -0.15) is 0 Å². The maximum Gasteiger partial charge on any atom is 0.222 e. The van der Waals surface area contributed by atoms with Crippen LogP contribution in [0.1, 0.15) is 39.0 Å². The topological polar surface area (TPSA) is 66.5 Å². The molecule has 1 N–H and O–H groups in total. The summed E-state index contributed by atoms with van der Waals surface area (Å²) in [5.41, 5.74) is 0. The Bertz CT molecular complexity index is 451. The highest BCUT2D eigenvalue weighted by Crippen LogP contribution is 2.33. The van der Waals surface area contributed by atoms with Gasteiger partial charge in [0, 0.05) is 37.8 Å². The Morgan fingerprint density at radius 3 is 2.35 bits per heavy atom. The highest BCUT2D eigenvalue weighted by molar-refractivity contribution is 7.90. The summed E-state index contributed by atoms with van der Waals surface area (Å²) >= 11 is 0. The predicted molar refractivity (Wildman–Crippen MR) is 79.2 cm³/mol. The van der Waals surface area contributed by atoms with E-state index in [1.165, 1.54) is 19.1 Å². The van der Waals surface area contributed by atoms with E-state index >= 15 is 0 Å². The van der Waals surface area contributed by atoms with Crippen molar-refractivity contribution < 1.29 is 13.2 Å². The van der Waals surface area contributed by atoms with E-state index < -0.39 is 9.84 Å². The van der Waals surface area contributed by atoms with Crippen LogP contribution in [0, 0.1) is 5.92 Å². The lowest BCUT2D eigenvalue weighted by Crippen LogP contribution is -2.43. The van der Waals surface area contributed by atoms with Gasteiger partial charge in [0.2, 0.25) is 5.91 Å². The summed E-state index contributed by atoms with van der Waals surface area (Å²) in [6, 6.07) is 0.923. The molecule has 0 aromatic rings. The number of piperidine rings is 1. The van der Waals surface area contributed by atoms with Crippen LogP contribution >= 0.6 is 0 Å². The molecule has 0 aromatic carbocycles. The van der Waals surface area contributed by atoms with Crippen LogP contribution in [0.3, 0.4) is 0 Å². The first-order valence-electron chi connectivity index (χ1n) is 7.44. The van der Waals surface area contributed by atoms with Crippen LogP contribution in [0.4, 0.5) is 0 Å². The fraction of sp³-hybridized carbons (Fsp3) is 0.929. The Hall–Kier alpha value is -0.620. The highest BCUT2D eigenvalue weighted by Gasteiger charge is 2.35. The lowest BCUT2D eigenvalue weighted by molar-refractivity contribution is -0.132. The molecular formula is C14H26N2O3S. The third kappa shape index (κ3) is 4.19. The average molecular weight is 302 g/mol. The van der Waals surface area contributed by atoms with Gasteiger partial charge < -0.3 is 10.2 Å². The van der Waals surface area contributed by atoms with E-state index in [0.717, 1.165) is 12.8 Å². The summed E-state index contributed by atoms with van der Waals surface area (Å²) in [7, 11) is -1.33. The number of carbonyl (C=O) groups excluding carboxylic acids is 1. The Morgan fingerprint density at radius 2 is 1.85 bits per heavy atom. The number of nitrogens with one attached hydrogen (secondary N) is 1. The molecule has 0 aromatic heterocycles. The van der Waals surface area contributed by atoms with Crippen molar-refractivity contribution in [1.29, 1.82) is 0 Å². The smallest absolute Gasteiger partial charge is 0.222 e. The normalized spacial score (nSPS) is 31.1. The van der Waals surface area contributed by atoms with Crippen molar-refractivity contribution in [3.05, 3.63) is 0 Å². The molecule has 2 heterocycles. The molecule has 2 rings (SSSR count). The highest BCUT2D eigenvalue weighted by atomic mass is 32.2. The second-order valence-electron chi connectivity index (χ2n) is 6.63. The molecule has 6 heteroatoms. The van der Waals surface area contributed by atoms with E-state index in [2.05, 4.69) is 5.32 Å².